The molecule has 6 rings (SSSR count). The van der Waals surface area contributed by atoms with E-state index in [-0.39, 0.29) is 11.7 Å². The minimum Gasteiger partial charge on any atom is -0.467 e. The van der Waals surface area contributed by atoms with Crippen LogP contribution in [0.4, 0.5) is 4.39 Å². The standard InChI is InChI=1S/C29H27FN6O2/c30-22-4-7-24(8-5-22)38-27-10-6-23(17-32-27)33-29(37)28-25-14-20(3-9-26(25)34-35-28)21-13-19(15-31-16-21)18-36-11-1-2-12-36/h3-10,13-17,27,32H,1-2,11-12,18H2,(H,33,37)(H,34,35). The summed E-state index contributed by atoms with van der Waals surface area (Å²) < 4.78 is 18.8. The van der Waals surface area contributed by atoms with Gasteiger partial charge in [0.1, 0.15) is 11.6 Å². The number of halogens is 1. The molecule has 1 amide bonds. The number of allylic oxidation sites excluding steroid dienone is 1. The van der Waals surface area contributed by atoms with Crippen LogP contribution in [-0.4, -0.2) is 45.3 Å². The minimum atomic E-state index is -0.440. The number of fused-ring (bicyclic) bond motifs is 1. The molecule has 0 aliphatic carbocycles. The molecular weight excluding hydrogens is 483 g/mol. The smallest absolute Gasteiger partial charge is 0.276 e. The van der Waals surface area contributed by atoms with Gasteiger partial charge in [0, 0.05) is 36.1 Å². The number of ether oxygens (including phenoxy) is 1. The van der Waals surface area contributed by atoms with Crippen molar-refractivity contribution in [2.24, 2.45) is 0 Å². The van der Waals surface area contributed by atoms with E-state index < -0.39 is 6.23 Å². The second kappa shape index (κ2) is 10.5. The van der Waals surface area contributed by atoms with Gasteiger partial charge in [-0.05, 0) is 91.7 Å². The number of amides is 1. The van der Waals surface area contributed by atoms with Crippen LogP contribution in [0.3, 0.4) is 0 Å². The zero-order valence-corrected chi connectivity index (χ0v) is 20.7. The highest BCUT2D eigenvalue weighted by atomic mass is 19.1. The molecule has 1 unspecified atom stereocenters. The number of pyridine rings is 1. The first-order chi connectivity index (χ1) is 18.6. The van der Waals surface area contributed by atoms with Crippen LogP contribution in [0.5, 0.6) is 5.75 Å². The molecule has 2 aliphatic heterocycles. The van der Waals surface area contributed by atoms with Gasteiger partial charge in [0.05, 0.1) is 11.2 Å². The molecule has 8 nitrogen and oxygen atoms in total. The van der Waals surface area contributed by atoms with E-state index in [1.54, 1.807) is 30.5 Å². The van der Waals surface area contributed by atoms with E-state index in [1.165, 1.54) is 30.5 Å². The number of hydrogen-bond donors (Lipinski definition) is 3. The molecule has 1 atom stereocenters. The molecule has 4 heterocycles. The third-order valence-electron chi connectivity index (χ3n) is 6.70. The van der Waals surface area contributed by atoms with Gasteiger partial charge in [0.15, 0.2) is 11.9 Å². The molecule has 1 saturated heterocycles. The Balaban J connectivity index is 1.14. The normalized spacial score (nSPS) is 17.3. The van der Waals surface area contributed by atoms with Crippen LogP contribution in [0.1, 0.15) is 28.9 Å². The van der Waals surface area contributed by atoms with E-state index in [1.807, 2.05) is 30.6 Å². The maximum absolute atomic E-state index is 13.1. The van der Waals surface area contributed by atoms with Gasteiger partial charge >= 0.3 is 0 Å². The van der Waals surface area contributed by atoms with Crippen molar-refractivity contribution in [2.45, 2.75) is 25.6 Å². The second-order valence-corrected chi connectivity index (χ2v) is 9.47. The number of benzene rings is 2. The number of aromatic amines is 1. The topological polar surface area (TPSA) is 95.2 Å². The van der Waals surface area contributed by atoms with E-state index in [4.69, 9.17) is 4.74 Å². The number of likely N-dealkylation sites (tertiary alicyclic amines) is 1. The zero-order chi connectivity index (χ0) is 25.9. The average molecular weight is 511 g/mol. The Morgan fingerprint density at radius 3 is 2.71 bits per heavy atom. The Bertz CT molecular complexity index is 1520. The lowest BCUT2D eigenvalue weighted by Gasteiger charge is -2.20. The molecule has 3 N–H and O–H groups in total. The Morgan fingerprint density at radius 1 is 1.08 bits per heavy atom. The first kappa shape index (κ1) is 23.9. The van der Waals surface area contributed by atoms with Gasteiger partial charge < -0.3 is 15.4 Å². The highest BCUT2D eigenvalue weighted by molar-refractivity contribution is 6.06. The summed E-state index contributed by atoms with van der Waals surface area (Å²) in [6.45, 7) is 3.16. The summed E-state index contributed by atoms with van der Waals surface area (Å²) in [5.41, 5.74) is 4.81. The van der Waals surface area contributed by atoms with E-state index in [9.17, 15) is 9.18 Å². The van der Waals surface area contributed by atoms with Crippen molar-refractivity contribution in [3.05, 3.63) is 102 Å². The van der Waals surface area contributed by atoms with Crippen LogP contribution in [-0.2, 0) is 6.54 Å². The summed E-state index contributed by atoms with van der Waals surface area (Å²) in [6.07, 6.45) is 11.0. The highest BCUT2D eigenvalue weighted by Crippen LogP contribution is 2.26. The van der Waals surface area contributed by atoms with Gasteiger partial charge in [0.2, 0.25) is 0 Å². The summed E-state index contributed by atoms with van der Waals surface area (Å²) in [5, 5.41) is 13.9. The van der Waals surface area contributed by atoms with Gasteiger partial charge in [-0.25, -0.2) is 4.39 Å². The van der Waals surface area contributed by atoms with Gasteiger partial charge in [0.25, 0.3) is 5.91 Å². The molecule has 0 bridgehead atoms. The van der Waals surface area contributed by atoms with Crippen LogP contribution in [0.25, 0.3) is 22.0 Å². The minimum absolute atomic E-state index is 0.307. The number of rotatable bonds is 7. The van der Waals surface area contributed by atoms with Crippen molar-refractivity contribution in [3.8, 4) is 16.9 Å². The number of nitrogens with zero attached hydrogens (tertiary/aromatic N) is 3. The maximum atomic E-state index is 13.1. The van der Waals surface area contributed by atoms with Crippen LogP contribution in [0.15, 0.2) is 85.0 Å². The van der Waals surface area contributed by atoms with Gasteiger partial charge in [-0.2, -0.15) is 5.10 Å². The van der Waals surface area contributed by atoms with Gasteiger partial charge in [-0.1, -0.05) is 6.07 Å². The van der Waals surface area contributed by atoms with Crippen molar-refractivity contribution in [3.63, 3.8) is 0 Å². The molecule has 38 heavy (non-hydrogen) atoms. The monoisotopic (exact) mass is 510 g/mol. The fourth-order valence-corrected chi connectivity index (χ4v) is 4.77. The third-order valence-corrected chi connectivity index (χ3v) is 6.70. The average Bonchev–Trinajstić information content (AvgIpc) is 3.61. The van der Waals surface area contributed by atoms with Crippen molar-refractivity contribution >= 4 is 16.8 Å². The molecule has 1 fully saturated rings. The molecular formula is C29H27FN6O2. The molecule has 0 saturated carbocycles. The van der Waals surface area contributed by atoms with E-state index in [0.29, 0.717) is 17.1 Å². The van der Waals surface area contributed by atoms with Crippen molar-refractivity contribution < 1.29 is 13.9 Å². The quantitative estimate of drug-likeness (QED) is 0.339. The molecule has 4 aromatic rings. The Morgan fingerprint density at radius 2 is 1.92 bits per heavy atom. The van der Waals surface area contributed by atoms with E-state index >= 15 is 0 Å². The maximum Gasteiger partial charge on any atom is 0.276 e. The van der Waals surface area contributed by atoms with Crippen molar-refractivity contribution in [2.75, 3.05) is 13.1 Å². The zero-order valence-electron chi connectivity index (χ0n) is 20.7. The van der Waals surface area contributed by atoms with Crippen LogP contribution in [0, 0.1) is 5.82 Å². The number of nitrogens with one attached hydrogen (secondary N) is 3. The lowest BCUT2D eigenvalue weighted by molar-refractivity contribution is 0.0962. The SMILES string of the molecule is O=C(NC1=CNC(Oc2ccc(F)cc2)C=C1)c1n[nH]c2ccc(-c3cncc(CN4CCCC4)c3)cc12. The largest absolute Gasteiger partial charge is 0.467 e. The molecule has 9 heteroatoms. The molecule has 2 aromatic heterocycles. The lowest BCUT2D eigenvalue weighted by Crippen LogP contribution is -2.34. The Kier molecular flexibility index (Phi) is 6.58. The summed E-state index contributed by atoms with van der Waals surface area (Å²) in [7, 11) is 0. The number of carbonyl (C=O) groups is 1. The molecule has 2 aromatic carbocycles. The van der Waals surface area contributed by atoms with Crippen molar-refractivity contribution in [1.82, 2.24) is 30.7 Å². The molecule has 0 radical (unpaired) electrons. The fourth-order valence-electron chi connectivity index (χ4n) is 4.77. The third kappa shape index (κ3) is 5.28. The van der Waals surface area contributed by atoms with Crippen LogP contribution >= 0.6 is 0 Å². The van der Waals surface area contributed by atoms with E-state index in [0.717, 1.165) is 41.7 Å². The van der Waals surface area contributed by atoms with Crippen molar-refractivity contribution in [1.29, 1.82) is 0 Å². The summed E-state index contributed by atoms with van der Waals surface area (Å²) >= 11 is 0. The Labute approximate surface area is 219 Å². The number of carbonyl (C=O) groups excluding carboxylic acids is 1. The lowest BCUT2D eigenvalue weighted by atomic mass is 10.0. The molecule has 0 spiro atoms. The summed E-state index contributed by atoms with van der Waals surface area (Å²) in [5.74, 6) is -0.120. The van der Waals surface area contributed by atoms with Gasteiger partial charge in [-0.3, -0.25) is 19.8 Å². The first-order valence-corrected chi connectivity index (χ1v) is 12.6. The number of dihydropyridines is 1. The summed E-state index contributed by atoms with van der Waals surface area (Å²) in [6, 6.07) is 13.9. The fraction of sp³-hybridized carbons (Fsp3) is 0.207. The van der Waals surface area contributed by atoms with Crippen LogP contribution in [0.2, 0.25) is 0 Å². The number of aromatic nitrogens is 3. The molecule has 192 valence electrons. The number of hydrogen-bond acceptors (Lipinski definition) is 6. The van der Waals surface area contributed by atoms with E-state index in [2.05, 4.69) is 36.8 Å². The van der Waals surface area contributed by atoms with Gasteiger partial charge in [-0.15, -0.1) is 0 Å². The number of H-pyrrole nitrogens is 1. The summed E-state index contributed by atoms with van der Waals surface area (Å²) in [4.78, 5) is 20.0. The predicted octanol–water partition coefficient (Wildman–Crippen LogP) is 4.50. The molecule has 2 aliphatic rings. The van der Waals surface area contributed by atoms with Crippen LogP contribution < -0.4 is 15.4 Å². The second-order valence-electron chi connectivity index (χ2n) is 9.47. The highest BCUT2D eigenvalue weighted by Gasteiger charge is 2.18. The first-order valence-electron chi connectivity index (χ1n) is 12.6. The predicted molar refractivity (Wildman–Crippen MR) is 142 cm³/mol. The Hall–Kier alpha value is -4.50.